The molecule has 0 aliphatic carbocycles. The van der Waals surface area contributed by atoms with Crippen LogP contribution in [-0.4, -0.2) is 40.8 Å². The minimum atomic E-state index is -4.88. The van der Waals surface area contributed by atoms with Gasteiger partial charge in [-0.15, -0.1) is 0 Å². The van der Waals surface area contributed by atoms with Gasteiger partial charge >= 0.3 is 6.18 Å². The molecule has 0 spiro atoms. The molecule has 0 aromatic heterocycles. The summed E-state index contributed by atoms with van der Waals surface area (Å²) in [6, 6.07) is 7.37. The van der Waals surface area contributed by atoms with Crippen molar-refractivity contribution in [2.24, 2.45) is 0 Å². The third-order valence-electron chi connectivity index (χ3n) is 4.91. The highest BCUT2D eigenvalue weighted by Gasteiger charge is 2.37. The van der Waals surface area contributed by atoms with Crippen LogP contribution in [0.3, 0.4) is 0 Å². The Morgan fingerprint density at radius 1 is 0.969 bits per heavy atom. The SMILES string of the molecule is CCOc1ccc(NS(=O)(=O)c2ccccc2C(F)(F)F)cc1S(=O)(=O)N1CCCCC1. The minimum absolute atomic E-state index is 0.0386. The summed E-state index contributed by atoms with van der Waals surface area (Å²) in [5, 5.41) is 0. The fourth-order valence-electron chi connectivity index (χ4n) is 3.44. The van der Waals surface area contributed by atoms with Crippen LogP contribution in [0.5, 0.6) is 5.75 Å². The highest BCUT2D eigenvalue weighted by molar-refractivity contribution is 7.92. The maximum atomic E-state index is 13.3. The fourth-order valence-corrected chi connectivity index (χ4v) is 6.39. The van der Waals surface area contributed by atoms with Crippen molar-refractivity contribution in [3.63, 3.8) is 0 Å². The smallest absolute Gasteiger partial charge is 0.417 e. The van der Waals surface area contributed by atoms with Crippen molar-refractivity contribution < 1.29 is 34.7 Å². The highest BCUT2D eigenvalue weighted by atomic mass is 32.2. The van der Waals surface area contributed by atoms with E-state index in [0.29, 0.717) is 32.0 Å². The minimum Gasteiger partial charge on any atom is -0.492 e. The van der Waals surface area contributed by atoms with Crippen molar-refractivity contribution in [2.75, 3.05) is 24.4 Å². The molecule has 2 aromatic rings. The molecule has 1 N–H and O–H groups in total. The van der Waals surface area contributed by atoms with Crippen LogP contribution in [0.25, 0.3) is 0 Å². The maximum absolute atomic E-state index is 13.3. The molecule has 176 valence electrons. The molecule has 1 aliphatic rings. The lowest BCUT2D eigenvalue weighted by atomic mass is 10.2. The first-order valence-electron chi connectivity index (χ1n) is 9.93. The van der Waals surface area contributed by atoms with Gasteiger partial charge in [-0.1, -0.05) is 18.6 Å². The molecule has 7 nitrogen and oxygen atoms in total. The van der Waals surface area contributed by atoms with Gasteiger partial charge in [0.05, 0.1) is 22.8 Å². The summed E-state index contributed by atoms with van der Waals surface area (Å²) in [4.78, 5) is -1.20. The van der Waals surface area contributed by atoms with Crippen LogP contribution in [0.15, 0.2) is 52.3 Å². The van der Waals surface area contributed by atoms with Gasteiger partial charge in [0.15, 0.2) is 0 Å². The van der Waals surface area contributed by atoms with Gasteiger partial charge in [-0.25, -0.2) is 16.8 Å². The topological polar surface area (TPSA) is 92.8 Å². The number of sulfonamides is 2. The summed E-state index contributed by atoms with van der Waals surface area (Å²) in [7, 11) is -8.65. The van der Waals surface area contributed by atoms with Crippen LogP contribution in [-0.2, 0) is 26.2 Å². The number of nitrogens with zero attached hydrogens (tertiary/aromatic N) is 1. The number of rotatable bonds is 7. The molecule has 0 bridgehead atoms. The van der Waals surface area contributed by atoms with Crippen molar-refractivity contribution in [3.05, 3.63) is 48.0 Å². The van der Waals surface area contributed by atoms with Gasteiger partial charge in [0.2, 0.25) is 10.0 Å². The molecule has 32 heavy (non-hydrogen) atoms. The molecule has 1 aliphatic heterocycles. The number of ether oxygens (including phenoxy) is 1. The predicted octanol–water partition coefficient (Wildman–Crippen LogP) is 4.08. The zero-order valence-corrected chi connectivity index (χ0v) is 18.9. The van der Waals surface area contributed by atoms with Crippen molar-refractivity contribution in [1.82, 2.24) is 4.31 Å². The number of hydrogen-bond donors (Lipinski definition) is 1. The van der Waals surface area contributed by atoms with E-state index in [1.807, 2.05) is 0 Å². The molecule has 1 saturated heterocycles. The number of anilines is 1. The Bertz CT molecular complexity index is 1180. The monoisotopic (exact) mass is 492 g/mol. The van der Waals surface area contributed by atoms with E-state index in [9.17, 15) is 30.0 Å². The molecule has 0 unspecified atom stereocenters. The predicted molar refractivity (Wildman–Crippen MR) is 112 cm³/mol. The summed E-state index contributed by atoms with van der Waals surface area (Å²) < 4.78 is 100. The van der Waals surface area contributed by atoms with Crippen molar-refractivity contribution >= 4 is 25.7 Å². The average molecular weight is 493 g/mol. The standard InChI is InChI=1S/C20H23F3N2O5S2/c1-2-30-17-11-10-15(14-19(17)32(28,29)25-12-6-3-7-13-25)24-31(26,27)18-9-5-4-8-16(18)20(21,22)23/h4-5,8-11,14,24H,2-3,6-7,12-13H2,1H3. The summed E-state index contributed by atoms with van der Waals surface area (Å²) in [6.45, 7) is 2.49. The molecule has 0 saturated carbocycles. The van der Waals surface area contributed by atoms with E-state index in [1.165, 1.54) is 22.5 Å². The summed E-state index contributed by atoms with van der Waals surface area (Å²) in [5.41, 5.74) is -1.51. The zero-order valence-electron chi connectivity index (χ0n) is 17.2. The Morgan fingerprint density at radius 2 is 1.62 bits per heavy atom. The Kier molecular flexibility index (Phi) is 7.06. The third-order valence-corrected chi connectivity index (χ3v) is 8.27. The molecule has 12 heteroatoms. The summed E-state index contributed by atoms with van der Waals surface area (Å²) in [6.07, 6.45) is -2.58. The van der Waals surface area contributed by atoms with E-state index in [2.05, 4.69) is 4.72 Å². The first-order valence-corrected chi connectivity index (χ1v) is 12.8. The second kappa shape index (κ2) is 9.28. The Morgan fingerprint density at radius 3 is 2.25 bits per heavy atom. The van der Waals surface area contributed by atoms with Gasteiger partial charge in [0.25, 0.3) is 10.0 Å². The second-order valence-corrected chi connectivity index (χ2v) is 10.7. The van der Waals surface area contributed by atoms with Crippen LogP contribution in [0.1, 0.15) is 31.7 Å². The van der Waals surface area contributed by atoms with E-state index in [1.54, 1.807) is 6.92 Å². The van der Waals surface area contributed by atoms with Crippen LogP contribution >= 0.6 is 0 Å². The molecular formula is C20H23F3N2O5S2. The van der Waals surface area contributed by atoms with Gasteiger partial charge in [-0.05, 0) is 50.1 Å². The normalized spacial score (nSPS) is 16.0. The van der Waals surface area contributed by atoms with Gasteiger partial charge in [0.1, 0.15) is 10.6 Å². The van der Waals surface area contributed by atoms with E-state index in [0.717, 1.165) is 24.6 Å². The average Bonchev–Trinajstić information content (AvgIpc) is 2.75. The maximum Gasteiger partial charge on any atom is 0.417 e. The van der Waals surface area contributed by atoms with Gasteiger partial charge < -0.3 is 4.74 Å². The number of nitrogens with one attached hydrogen (secondary N) is 1. The molecule has 1 heterocycles. The molecular weight excluding hydrogens is 469 g/mol. The number of halogens is 3. The van der Waals surface area contributed by atoms with Gasteiger partial charge in [-0.2, -0.15) is 17.5 Å². The first-order chi connectivity index (χ1) is 15.0. The Labute approximate surface area is 185 Å². The lowest BCUT2D eigenvalue weighted by Crippen LogP contribution is -2.35. The first kappa shape index (κ1) is 24.3. The van der Waals surface area contributed by atoms with Crippen LogP contribution in [0, 0.1) is 0 Å². The Balaban J connectivity index is 2.02. The molecule has 0 atom stereocenters. The second-order valence-electron chi connectivity index (χ2n) is 7.16. The van der Waals surface area contributed by atoms with E-state index >= 15 is 0 Å². The van der Waals surface area contributed by atoms with E-state index in [4.69, 9.17) is 4.74 Å². The van der Waals surface area contributed by atoms with Crippen molar-refractivity contribution in [1.29, 1.82) is 0 Å². The summed E-state index contributed by atoms with van der Waals surface area (Å²) in [5.74, 6) is 0.0386. The largest absolute Gasteiger partial charge is 0.492 e. The molecule has 1 fully saturated rings. The Hall–Kier alpha value is -2.31. The number of alkyl halides is 3. The number of benzene rings is 2. The third kappa shape index (κ3) is 5.18. The van der Waals surface area contributed by atoms with Crippen LogP contribution < -0.4 is 9.46 Å². The lowest BCUT2D eigenvalue weighted by Gasteiger charge is -2.27. The molecule has 0 radical (unpaired) electrons. The fraction of sp³-hybridized carbons (Fsp3) is 0.400. The van der Waals surface area contributed by atoms with E-state index in [-0.39, 0.29) is 22.9 Å². The van der Waals surface area contributed by atoms with Crippen LogP contribution in [0.4, 0.5) is 18.9 Å². The lowest BCUT2D eigenvalue weighted by molar-refractivity contribution is -0.139. The van der Waals surface area contributed by atoms with Gasteiger partial charge in [-0.3, -0.25) is 4.72 Å². The molecule has 3 rings (SSSR count). The zero-order chi connectivity index (χ0) is 23.6. The highest BCUT2D eigenvalue weighted by Crippen LogP contribution is 2.36. The molecule has 2 aromatic carbocycles. The summed E-state index contributed by atoms with van der Waals surface area (Å²) >= 11 is 0. The van der Waals surface area contributed by atoms with Crippen molar-refractivity contribution in [3.8, 4) is 5.75 Å². The van der Waals surface area contributed by atoms with Crippen molar-refractivity contribution in [2.45, 2.75) is 42.2 Å². The van der Waals surface area contributed by atoms with Gasteiger partial charge in [0, 0.05) is 13.1 Å². The van der Waals surface area contributed by atoms with E-state index < -0.39 is 36.7 Å². The molecule has 0 amide bonds. The quantitative estimate of drug-likeness (QED) is 0.629. The number of hydrogen-bond acceptors (Lipinski definition) is 5. The van der Waals surface area contributed by atoms with Crippen LogP contribution in [0.2, 0.25) is 0 Å². The number of piperidine rings is 1.